The highest BCUT2D eigenvalue weighted by Gasteiger charge is 2.03. The Morgan fingerprint density at radius 2 is 2.06 bits per heavy atom. The van der Waals surface area contributed by atoms with Crippen LogP contribution in [0.15, 0.2) is 29.2 Å². The molecule has 0 heterocycles. The first-order valence-electron chi connectivity index (χ1n) is 6.14. The highest BCUT2D eigenvalue weighted by atomic mass is 32.2. The lowest BCUT2D eigenvalue weighted by Crippen LogP contribution is -2.18. The molecular weight excluding hydrogens is 230 g/mol. The van der Waals surface area contributed by atoms with Crippen LogP contribution < -0.4 is 5.32 Å². The van der Waals surface area contributed by atoms with Gasteiger partial charge in [-0.2, -0.15) is 0 Å². The van der Waals surface area contributed by atoms with E-state index in [4.69, 9.17) is 4.74 Å². The molecule has 0 aliphatic heterocycles. The predicted octanol–water partition coefficient (Wildman–Crippen LogP) is 3.17. The zero-order valence-electron chi connectivity index (χ0n) is 11.0. The van der Waals surface area contributed by atoms with Gasteiger partial charge in [0.25, 0.3) is 0 Å². The van der Waals surface area contributed by atoms with Crippen LogP contribution in [-0.2, 0) is 11.3 Å². The third-order valence-corrected chi connectivity index (χ3v) is 3.89. The number of benzene rings is 1. The Bertz CT molecular complexity index is 315. The normalized spacial score (nSPS) is 11.1. The van der Waals surface area contributed by atoms with E-state index >= 15 is 0 Å². The van der Waals surface area contributed by atoms with Crippen molar-refractivity contribution in [2.45, 2.75) is 25.3 Å². The Balaban J connectivity index is 2.46. The number of nitrogens with one attached hydrogen (secondary N) is 1. The Kier molecular flexibility index (Phi) is 7.33. The zero-order valence-corrected chi connectivity index (χ0v) is 11.8. The van der Waals surface area contributed by atoms with E-state index in [1.54, 1.807) is 7.11 Å². The van der Waals surface area contributed by atoms with Gasteiger partial charge in [-0.25, -0.2) is 0 Å². The van der Waals surface area contributed by atoms with Crippen molar-refractivity contribution in [1.29, 1.82) is 0 Å². The zero-order chi connectivity index (χ0) is 12.5. The van der Waals surface area contributed by atoms with Gasteiger partial charge in [0.15, 0.2) is 0 Å². The average Bonchev–Trinajstić information content (AvgIpc) is 2.33. The highest BCUT2D eigenvalue weighted by Crippen LogP contribution is 2.24. The summed E-state index contributed by atoms with van der Waals surface area (Å²) in [4.78, 5) is 1.39. The standard InChI is InChI=1S/C14H23NOS/c1-12(2)11-17-14-7-5-4-6-13(14)10-15-8-9-16-3/h4-7,12,15H,8-11H2,1-3H3. The molecular formula is C14H23NOS. The van der Waals surface area contributed by atoms with Crippen LogP contribution in [0.5, 0.6) is 0 Å². The number of hydrogen-bond donors (Lipinski definition) is 1. The van der Waals surface area contributed by atoms with Gasteiger partial charge in [-0.1, -0.05) is 32.0 Å². The fourth-order valence-corrected chi connectivity index (χ4v) is 2.46. The molecule has 1 aromatic carbocycles. The molecule has 3 heteroatoms. The molecule has 0 aromatic heterocycles. The van der Waals surface area contributed by atoms with Gasteiger partial charge in [-0.15, -0.1) is 11.8 Å². The van der Waals surface area contributed by atoms with Crippen LogP contribution in [0.4, 0.5) is 0 Å². The minimum Gasteiger partial charge on any atom is -0.383 e. The SMILES string of the molecule is COCCNCc1ccccc1SCC(C)C. The summed E-state index contributed by atoms with van der Waals surface area (Å²) in [6.07, 6.45) is 0. The van der Waals surface area contributed by atoms with Gasteiger partial charge in [0.2, 0.25) is 0 Å². The van der Waals surface area contributed by atoms with Gasteiger partial charge in [0.05, 0.1) is 6.61 Å². The molecule has 1 N–H and O–H groups in total. The Labute approximate surface area is 109 Å². The molecule has 0 bridgehead atoms. The minimum absolute atomic E-state index is 0.731. The number of thioether (sulfide) groups is 1. The summed E-state index contributed by atoms with van der Waals surface area (Å²) in [5.74, 6) is 1.91. The third kappa shape index (κ3) is 6.10. The van der Waals surface area contributed by atoms with Crippen LogP contribution in [0.1, 0.15) is 19.4 Å². The number of methoxy groups -OCH3 is 1. The minimum atomic E-state index is 0.731. The molecule has 0 saturated heterocycles. The fraction of sp³-hybridized carbons (Fsp3) is 0.571. The van der Waals surface area contributed by atoms with Crippen LogP contribution >= 0.6 is 11.8 Å². The first-order chi connectivity index (χ1) is 8.24. The molecule has 1 aromatic rings. The smallest absolute Gasteiger partial charge is 0.0587 e. The lowest BCUT2D eigenvalue weighted by Gasteiger charge is -2.11. The topological polar surface area (TPSA) is 21.3 Å². The Morgan fingerprint density at radius 3 is 2.76 bits per heavy atom. The van der Waals surface area contributed by atoms with Crippen LogP contribution in [0.3, 0.4) is 0 Å². The molecule has 1 rings (SSSR count). The molecule has 96 valence electrons. The summed E-state index contributed by atoms with van der Waals surface area (Å²) in [5, 5.41) is 3.39. The van der Waals surface area contributed by atoms with Crippen molar-refractivity contribution in [2.24, 2.45) is 5.92 Å². The molecule has 0 aliphatic carbocycles. The maximum atomic E-state index is 5.02. The number of rotatable bonds is 8. The number of ether oxygens (including phenoxy) is 1. The molecule has 0 spiro atoms. The van der Waals surface area contributed by atoms with Crippen LogP contribution in [0, 0.1) is 5.92 Å². The van der Waals surface area contributed by atoms with Gasteiger partial charge in [0.1, 0.15) is 0 Å². The van der Waals surface area contributed by atoms with E-state index in [9.17, 15) is 0 Å². The van der Waals surface area contributed by atoms with E-state index in [0.29, 0.717) is 0 Å². The van der Waals surface area contributed by atoms with E-state index in [2.05, 4.69) is 43.4 Å². The summed E-state index contributed by atoms with van der Waals surface area (Å²) in [7, 11) is 1.73. The van der Waals surface area contributed by atoms with Crippen LogP contribution in [0.2, 0.25) is 0 Å². The summed E-state index contributed by atoms with van der Waals surface area (Å²) in [6.45, 7) is 7.10. The summed E-state index contributed by atoms with van der Waals surface area (Å²) >= 11 is 1.95. The first kappa shape index (κ1) is 14.6. The van der Waals surface area contributed by atoms with Gasteiger partial charge in [-0.05, 0) is 17.5 Å². The van der Waals surface area contributed by atoms with Crippen molar-refractivity contribution in [3.05, 3.63) is 29.8 Å². The van der Waals surface area contributed by atoms with Crippen LogP contribution in [-0.4, -0.2) is 26.0 Å². The van der Waals surface area contributed by atoms with Gasteiger partial charge in [-0.3, -0.25) is 0 Å². The second kappa shape index (κ2) is 8.56. The second-order valence-corrected chi connectivity index (χ2v) is 5.54. The van der Waals surface area contributed by atoms with Crippen molar-refractivity contribution in [2.75, 3.05) is 26.0 Å². The van der Waals surface area contributed by atoms with E-state index < -0.39 is 0 Å². The molecule has 17 heavy (non-hydrogen) atoms. The van der Waals surface area contributed by atoms with Gasteiger partial charge < -0.3 is 10.1 Å². The van der Waals surface area contributed by atoms with E-state index in [0.717, 1.165) is 25.6 Å². The van der Waals surface area contributed by atoms with Crippen molar-refractivity contribution >= 4 is 11.8 Å². The first-order valence-corrected chi connectivity index (χ1v) is 7.13. The third-order valence-electron chi connectivity index (χ3n) is 2.34. The van der Waals surface area contributed by atoms with E-state index in [-0.39, 0.29) is 0 Å². The number of hydrogen-bond acceptors (Lipinski definition) is 3. The van der Waals surface area contributed by atoms with Crippen molar-refractivity contribution < 1.29 is 4.74 Å². The maximum Gasteiger partial charge on any atom is 0.0587 e. The Hall–Kier alpha value is -0.510. The van der Waals surface area contributed by atoms with Crippen molar-refractivity contribution in [1.82, 2.24) is 5.32 Å². The monoisotopic (exact) mass is 253 g/mol. The molecule has 0 aliphatic rings. The Morgan fingerprint density at radius 1 is 1.29 bits per heavy atom. The average molecular weight is 253 g/mol. The highest BCUT2D eigenvalue weighted by molar-refractivity contribution is 7.99. The summed E-state index contributed by atoms with van der Waals surface area (Å²) < 4.78 is 5.02. The lowest BCUT2D eigenvalue weighted by molar-refractivity contribution is 0.199. The lowest BCUT2D eigenvalue weighted by atomic mass is 10.2. The molecule has 0 unspecified atom stereocenters. The largest absolute Gasteiger partial charge is 0.383 e. The van der Waals surface area contributed by atoms with Crippen molar-refractivity contribution in [3.8, 4) is 0 Å². The summed E-state index contributed by atoms with van der Waals surface area (Å²) in [5.41, 5.74) is 1.38. The predicted molar refractivity (Wildman–Crippen MR) is 75.6 cm³/mol. The molecule has 2 nitrogen and oxygen atoms in total. The van der Waals surface area contributed by atoms with E-state index in [1.165, 1.54) is 16.2 Å². The molecule has 0 saturated carbocycles. The van der Waals surface area contributed by atoms with Crippen molar-refractivity contribution in [3.63, 3.8) is 0 Å². The maximum absolute atomic E-state index is 5.02. The van der Waals surface area contributed by atoms with Gasteiger partial charge >= 0.3 is 0 Å². The van der Waals surface area contributed by atoms with Crippen LogP contribution in [0.25, 0.3) is 0 Å². The molecule has 0 fully saturated rings. The fourth-order valence-electron chi connectivity index (χ4n) is 1.44. The van der Waals surface area contributed by atoms with E-state index in [1.807, 2.05) is 11.8 Å². The quantitative estimate of drug-likeness (QED) is 0.568. The molecule has 0 radical (unpaired) electrons. The van der Waals surface area contributed by atoms with Gasteiger partial charge in [0, 0.05) is 30.8 Å². The summed E-state index contributed by atoms with van der Waals surface area (Å²) in [6, 6.07) is 8.62. The second-order valence-electron chi connectivity index (χ2n) is 4.48. The molecule has 0 amide bonds. The molecule has 0 atom stereocenters.